The van der Waals surface area contributed by atoms with Crippen LogP contribution in [0.25, 0.3) is 0 Å². The largest absolute Gasteiger partial charge is 0.670 e. The molecule has 3 aliphatic rings. The quantitative estimate of drug-likeness (QED) is 0.0685. The van der Waals surface area contributed by atoms with E-state index in [1.807, 2.05) is 43.4 Å². The van der Waals surface area contributed by atoms with Gasteiger partial charge in [-0.05, 0) is 130 Å². The molecule has 1 aliphatic heterocycles. The maximum Gasteiger partial charge on any atom is 0.201 e. The molecule has 4 aromatic rings. The third-order valence-corrected chi connectivity index (χ3v) is 13.3. The molecule has 2 aliphatic carbocycles. The molecule has 9 atom stereocenters. The fraction of sp³-hybridized carbons (Fsp3) is 0.522. The topological polar surface area (TPSA) is 166 Å². The van der Waals surface area contributed by atoms with E-state index in [0.29, 0.717) is 36.3 Å². The van der Waals surface area contributed by atoms with E-state index in [4.69, 9.17) is 9.47 Å². The zero-order chi connectivity index (χ0) is 39.3. The summed E-state index contributed by atoms with van der Waals surface area (Å²) in [7, 11) is 3.41. The molecule has 0 amide bonds. The number of aliphatic hydroxyl groups excluding tert-OH is 3. The molecule has 1 saturated heterocycles. The monoisotopic (exact) mass is 767 g/mol. The van der Waals surface area contributed by atoms with Crippen molar-refractivity contribution >= 4 is 0 Å². The Hall–Kier alpha value is -4.06. The molecule has 10 nitrogen and oxygen atoms in total. The van der Waals surface area contributed by atoms with Crippen molar-refractivity contribution in [3.8, 4) is 23.0 Å². The predicted octanol–water partition coefficient (Wildman–Crippen LogP) is 6.73. The molecule has 1 aromatic heterocycles. The van der Waals surface area contributed by atoms with E-state index in [2.05, 4.69) is 28.5 Å². The molecule has 7 rings (SSSR count). The molecule has 2 heterocycles. The first-order valence-electron chi connectivity index (χ1n) is 20.5. The molecule has 7 N–H and O–H groups in total. The summed E-state index contributed by atoms with van der Waals surface area (Å²) in [6, 6.07) is 18.2. The number of aliphatic hydroxyl groups is 3. The molecule has 0 bridgehead atoms. The minimum absolute atomic E-state index is 0.0231. The van der Waals surface area contributed by atoms with Gasteiger partial charge in [0.2, 0.25) is 5.75 Å². The van der Waals surface area contributed by atoms with E-state index < -0.39 is 36.4 Å². The molecular formula is C46H59N2O8-. The van der Waals surface area contributed by atoms with Gasteiger partial charge in [-0.25, -0.2) is 0 Å². The number of aryl methyl sites for hydroxylation is 1. The molecule has 0 radical (unpaired) electrons. The molecular weight excluding hydrogens is 709 g/mol. The van der Waals surface area contributed by atoms with Crippen LogP contribution in [0.5, 0.6) is 23.0 Å². The first-order valence-corrected chi connectivity index (χ1v) is 20.5. The summed E-state index contributed by atoms with van der Waals surface area (Å²) in [5.74, 6) is 0.0733. The van der Waals surface area contributed by atoms with Gasteiger partial charge in [0, 0.05) is 23.5 Å². The van der Waals surface area contributed by atoms with Gasteiger partial charge in [0.1, 0.15) is 5.75 Å². The van der Waals surface area contributed by atoms with E-state index >= 15 is 0 Å². The summed E-state index contributed by atoms with van der Waals surface area (Å²) in [6.07, 6.45) is 9.55. The number of phenolic OH excluding ortho intramolecular Hbond substituents is 2. The molecule has 2 saturated carbocycles. The number of rotatable bonds is 14. The van der Waals surface area contributed by atoms with Crippen LogP contribution in [0.3, 0.4) is 0 Å². The summed E-state index contributed by atoms with van der Waals surface area (Å²) in [5, 5.41) is 70.6. The summed E-state index contributed by atoms with van der Waals surface area (Å²) in [5.41, 5.74) is 5.37. The average molecular weight is 768 g/mol. The number of ether oxygens (including phenoxy) is 2. The zero-order valence-corrected chi connectivity index (χ0v) is 32.7. The number of nitrogens with one attached hydrogen (secondary N) is 1. The number of aromatic hydroxyl groups is 3. The van der Waals surface area contributed by atoms with Crippen LogP contribution in [0.15, 0.2) is 67.0 Å². The summed E-state index contributed by atoms with van der Waals surface area (Å²) < 4.78 is 12.5. The second-order valence-corrected chi connectivity index (χ2v) is 16.5. The van der Waals surface area contributed by atoms with Gasteiger partial charge in [-0.15, -0.1) is 0 Å². The van der Waals surface area contributed by atoms with Crippen LogP contribution in [0.2, 0.25) is 0 Å². The van der Waals surface area contributed by atoms with Gasteiger partial charge in [-0.3, -0.25) is 0 Å². The normalized spacial score (nSPS) is 27.1. The van der Waals surface area contributed by atoms with E-state index in [9.17, 15) is 30.6 Å². The fourth-order valence-corrected chi connectivity index (χ4v) is 10.3. The van der Waals surface area contributed by atoms with Crippen molar-refractivity contribution in [1.82, 2.24) is 10.3 Å². The molecule has 0 spiro atoms. The summed E-state index contributed by atoms with van der Waals surface area (Å²) in [6.45, 7) is 0.400. The van der Waals surface area contributed by atoms with Gasteiger partial charge in [0.05, 0.1) is 38.1 Å². The highest BCUT2D eigenvalue weighted by Gasteiger charge is 2.45. The Bertz CT molecular complexity index is 1880. The number of hydrogen-bond acceptors (Lipinski definition) is 9. The summed E-state index contributed by atoms with van der Waals surface area (Å²) in [4.78, 5) is 4.19. The van der Waals surface area contributed by atoms with Crippen LogP contribution in [-0.2, 0) is 24.2 Å². The van der Waals surface area contributed by atoms with Gasteiger partial charge in [0.25, 0.3) is 0 Å². The second kappa shape index (κ2) is 18.0. The van der Waals surface area contributed by atoms with E-state index in [1.165, 1.54) is 12.7 Å². The zero-order valence-electron chi connectivity index (χ0n) is 32.7. The van der Waals surface area contributed by atoms with Gasteiger partial charge < -0.3 is 50.4 Å². The van der Waals surface area contributed by atoms with Crippen molar-refractivity contribution in [1.29, 1.82) is 0 Å². The highest BCUT2D eigenvalue weighted by atomic mass is 16.5. The number of benzene rings is 3. The molecule has 3 fully saturated rings. The van der Waals surface area contributed by atoms with Crippen LogP contribution < -0.4 is 15.0 Å². The van der Waals surface area contributed by atoms with Gasteiger partial charge in [0.15, 0.2) is 11.5 Å². The van der Waals surface area contributed by atoms with Gasteiger partial charge in [-0.2, -0.15) is 12.4 Å². The van der Waals surface area contributed by atoms with Crippen LogP contribution in [0.1, 0.15) is 115 Å². The molecule has 302 valence electrons. The lowest BCUT2D eigenvalue weighted by atomic mass is 9.66. The molecule has 9 unspecified atom stereocenters. The smallest absolute Gasteiger partial charge is 0.201 e. The Morgan fingerprint density at radius 3 is 2.48 bits per heavy atom. The molecule has 3 aromatic carbocycles. The second-order valence-electron chi connectivity index (χ2n) is 16.5. The average Bonchev–Trinajstić information content (AvgIpc) is 3.74. The highest BCUT2D eigenvalue weighted by Crippen LogP contribution is 2.53. The molecule has 56 heavy (non-hydrogen) atoms. The molecule has 10 heteroatoms. The van der Waals surface area contributed by atoms with Crippen molar-refractivity contribution in [2.75, 3.05) is 20.7 Å². The van der Waals surface area contributed by atoms with E-state index in [1.54, 1.807) is 12.4 Å². The van der Waals surface area contributed by atoms with Crippen molar-refractivity contribution in [3.05, 3.63) is 106 Å². The first kappa shape index (κ1) is 40.1. The lowest BCUT2D eigenvalue weighted by molar-refractivity contribution is -0.154. The minimum atomic E-state index is -0.674. The van der Waals surface area contributed by atoms with Crippen LogP contribution in [0.4, 0.5) is 0 Å². The minimum Gasteiger partial charge on any atom is -0.670 e. The fourth-order valence-electron chi connectivity index (χ4n) is 10.3. The van der Waals surface area contributed by atoms with Crippen LogP contribution in [0, 0.1) is 17.8 Å². The van der Waals surface area contributed by atoms with Gasteiger partial charge in [-0.1, -0.05) is 54.1 Å². The number of hydrogen-bond donors (Lipinski definition) is 7. The first-order chi connectivity index (χ1) is 27.2. The maximum atomic E-state index is 11.7. The number of phenols is 3. The number of methoxy groups -OCH3 is 1. The number of nitrogens with zero attached hydrogens (tertiary/aromatic N) is 1. The van der Waals surface area contributed by atoms with Crippen molar-refractivity contribution in [2.24, 2.45) is 17.8 Å². The van der Waals surface area contributed by atoms with Crippen molar-refractivity contribution in [2.45, 2.75) is 113 Å². The van der Waals surface area contributed by atoms with Gasteiger partial charge >= 0.3 is 0 Å². The number of aromatic nitrogens is 1. The Balaban J connectivity index is 1.15. The lowest BCUT2D eigenvalue weighted by Gasteiger charge is -2.46. The summed E-state index contributed by atoms with van der Waals surface area (Å²) >= 11 is 0. The van der Waals surface area contributed by atoms with Crippen LogP contribution in [-0.4, -0.2) is 69.7 Å². The van der Waals surface area contributed by atoms with E-state index in [0.717, 1.165) is 68.2 Å². The SMILES string of the molecule is CNCCC1CCC(C(O)CCc2ccccc2)C(c2cc(C3CCC4C(O)CC(c5c(CO)c(O)c(O)c(OC)c5Cc5cc[n-]c5)OC4C3)ccc2O)C1. The third kappa shape index (κ3) is 8.46. The predicted molar refractivity (Wildman–Crippen MR) is 214 cm³/mol. The van der Waals surface area contributed by atoms with Crippen molar-refractivity contribution < 1.29 is 40.1 Å². The number of fused-ring (bicyclic) bond motifs is 1. The van der Waals surface area contributed by atoms with E-state index in [-0.39, 0.29) is 53.3 Å². The Labute approximate surface area is 330 Å². The lowest BCUT2D eigenvalue weighted by Crippen LogP contribution is -2.44. The maximum absolute atomic E-state index is 11.7. The Morgan fingerprint density at radius 2 is 1.75 bits per heavy atom. The highest BCUT2D eigenvalue weighted by molar-refractivity contribution is 5.64. The third-order valence-electron chi connectivity index (χ3n) is 13.3. The Morgan fingerprint density at radius 1 is 0.929 bits per heavy atom. The van der Waals surface area contributed by atoms with Crippen molar-refractivity contribution in [3.63, 3.8) is 0 Å². The Kier molecular flexibility index (Phi) is 12.9. The standard InChI is InChI=1S/C46H59N2O8/c1-47-18-16-28-8-12-32(38(50)14-9-27-6-4-3-5-7-27)34(20-28)35-22-30(11-15-39(35)51)31-10-13-33-40(52)24-42(56-41(33)23-31)43-36(21-29-17-19-48-25-29)46(55-2)45(54)44(53)37(43)26-49/h3-7,11,15,17,19,22,25,28,31-34,38,40-42,47,49-54H,8-10,12-14,16,18,20-21,23-24,26H2,1-2H3/q-1. The van der Waals surface area contributed by atoms with Crippen LogP contribution >= 0.6 is 0 Å².